The third-order valence-electron chi connectivity index (χ3n) is 12.8. The number of aryl methyl sites for hydroxylation is 1. The SMILES string of the molecule is CCCCCc1ccc(C(=O)N(CCN(CCCC)CCCC)Cc2ccc(OCc3ccccc3)c(OC)c2)cc1.CCCCN(CCCC)CCNCc1ccc(OCc2ccccc2)c(OC)c1. The van der Waals surface area contributed by atoms with Gasteiger partial charge in [-0.3, -0.25) is 4.79 Å². The lowest BCUT2D eigenvalue weighted by Crippen LogP contribution is -2.39. The van der Waals surface area contributed by atoms with Crippen molar-refractivity contribution in [2.24, 2.45) is 0 Å². The maximum absolute atomic E-state index is 13.9. The van der Waals surface area contributed by atoms with Gasteiger partial charge in [0.1, 0.15) is 13.2 Å². The van der Waals surface area contributed by atoms with Gasteiger partial charge in [0.25, 0.3) is 5.91 Å². The van der Waals surface area contributed by atoms with Gasteiger partial charge >= 0.3 is 0 Å². The molecule has 0 unspecified atom stereocenters. The zero-order valence-electron chi connectivity index (χ0n) is 44.9. The highest BCUT2D eigenvalue weighted by Crippen LogP contribution is 2.31. The number of nitrogens with zero attached hydrogens (tertiary/aromatic N) is 3. The molecule has 71 heavy (non-hydrogen) atoms. The Morgan fingerprint density at radius 2 is 0.915 bits per heavy atom. The van der Waals surface area contributed by atoms with Crippen LogP contribution in [0.5, 0.6) is 23.0 Å². The fourth-order valence-corrected chi connectivity index (χ4v) is 8.32. The molecule has 0 saturated heterocycles. The lowest BCUT2D eigenvalue weighted by molar-refractivity contribution is 0.0720. The molecule has 0 saturated carbocycles. The second-order valence-electron chi connectivity index (χ2n) is 18.7. The predicted octanol–water partition coefficient (Wildman–Crippen LogP) is 13.8. The number of hydrogen-bond acceptors (Lipinski definition) is 8. The summed E-state index contributed by atoms with van der Waals surface area (Å²) in [6.45, 7) is 21.8. The van der Waals surface area contributed by atoms with Gasteiger partial charge in [0.15, 0.2) is 23.0 Å². The average molecular weight is 971 g/mol. The normalized spacial score (nSPS) is 11.1. The Balaban J connectivity index is 0.000000330. The van der Waals surface area contributed by atoms with E-state index in [9.17, 15) is 4.79 Å². The molecule has 1 N–H and O–H groups in total. The van der Waals surface area contributed by atoms with Crippen LogP contribution in [0.4, 0.5) is 0 Å². The molecule has 0 fully saturated rings. The van der Waals surface area contributed by atoms with Gasteiger partial charge in [-0.1, -0.05) is 158 Å². The molecule has 5 rings (SSSR count). The van der Waals surface area contributed by atoms with Crippen LogP contribution in [0.3, 0.4) is 0 Å². The Morgan fingerprint density at radius 3 is 1.41 bits per heavy atom. The molecular weight excluding hydrogens is 881 g/mol. The number of nitrogens with one attached hydrogen (secondary N) is 1. The molecule has 5 aromatic carbocycles. The minimum atomic E-state index is 0.0735. The topological polar surface area (TPSA) is 75.7 Å². The maximum atomic E-state index is 13.9. The van der Waals surface area contributed by atoms with Gasteiger partial charge in [0.05, 0.1) is 14.2 Å². The molecule has 0 bridgehead atoms. The van der Waals surface area contributed by atoms with Crippen molar-refractivity contribution in [1.29, 1.82) is 0 Å². The highest BCUT2D eigenvalue weighted by molar-refractivity contribution is 5.94. The summed E-state index contributed by atoms with van der Waals surface area (Å²) in [5.74, 6) is 3.02. The Kier molecular flexibility index (Phi) is 29.3. The van der Waals surface area contributed by atoms with E-state index in [4.69, 9.17) is 18.9 Å². The van der Waals surface area contributed by atoms with Crippen LogP contribution in [-0.2, 0) is 32.7 Å². The van der Waals surface area contributed by atoms with E-state index in [0.29, 0.717) is 37.8 Å². The molecule has 9 heteroatoms. The number of amides is 1. The number of unbranched alkanes of at least 4 members (excludes halogenated alkanes) is 6. The first-order valence-corrected chi connectivity index (χ1v) is 27.0. The van der Waals surface area contributed by atoms with Crippen LogP contribution in [0.2, 0.25) is 0 Å². The summed E-state index contributed by atoms with van der Waals surface area (Å²) in [6.07, 6.45) is 14.5. The largest absolute Gasteiger partial charge is 0.493 e. The number of carbonyl (C=O) groups excluding carboxylic acids is 1. The summed E-state index contributed by atoms with van der Waals surface area (Å²) < 4.78 is 23.3. The van der Waals surface area contributed by atoms with Crippen molar-refractivity contribution < 1.29 is 23.7 Å². The second kappa shape index (κ2) is 35.7. The highest BCUT2D eigenvalue weighted by atomic mass is 16.5. The van der Waals surface area contributed by atoms with E-state index in [0.717, 1.165) is 79.4 Å². The first-order chi connectivity index (χ1) is 34.8. The Hall–Kier alpha value is -5.35. The number of rotatable bonds is 35. The van der Waals surface area contributed by atoms with Crippen LogP contribution in [-0.4, -0.2) is 87.2 Å². The van der Waals surface area contributed by atoms with Gasteiger partial charge in [-0.15, -0.1) is 0 Å². The van der Waals surface area contributed by atoms with Crippen molar-refractivity contribution >= 4 is 5.91 Å². The van der Waals surface area contributed by atoms with Crippen molar-refractivity contribution in [2.45, 2.75) is 138 Å². The van der Waals surface area contributed by atoms with Crippen molar-refractivity contribution in [3.8, 4) is 23.0 Å². The standard InChI is InChI=1S/C37H52N2O3.C25H38N2O2/c1-5-8-12-15-31-18-21-34(22-19-31)37(40)39(27-26-38(24-9-6-2)25-10-7-3)29-33-20-23-35(36(28-33)41-4)42-30-32-16-13-11-14-17-32;1-4-6-16-27(17-7-5-2)18-15-26-20-23-13-14-24(25(19-23)28-3)29-21-22-11-9-8-10-12-22/h11,13-14,16-23,28H,5-10,12,15,24-27,29-30H2,1-4H3;8-14,19,26H,4-7,15-18,20-21H2,1-3H3. The molecule has 0 aliphatic rings. The number of benzene rings is 5. The summed E-state index contributed by atoms with van der Waals surface area (Å²) in [5.41, 5.74) is 6.54. The smallest absolute Gasteiger partial charge is 0.254 e. The minimum Gasteiger partial charge on any atom is -0.493 e. The molecular formula is C62H90N4O5. The lowest BCUT2D eigenvalue weighted by Gasteiger charge is -2.28. The van der Waals surface area contributed by atoms with Gasteiger partial charge in [-0.2, -0.15) is 0 Å². The van der Waals surface area contributed by atoms with Crippen molar-refractivity contribution in [2.75, 3.05) is 66.6 Å². The van der Waals surface area contributed by atoms with E-state index >= 15 is 0 Å². The first kappa shape index (κ1) is 58.2. The molecule has 0 aromatic heterocycles. The van der Waals surface area contributed by atoms with Gasteiger partial charge < -0.3 is 39.0 Å². The van der Waals surface area contributed by atoms with Crippen LogP contribution in [0.1, 0.15) is 143 Å². The molecule has 1 amide bonds. The molecule has 0 aliphatic carbocycles. The number of carbonyl (C=O) groups is 1. The lowest BCUT2D eigenvalue weighted by atomic mass is 10.0. The second-order valence-corrected chi connectivity index (χ2v) is 18.7. The summed E-state index contributed by atoms with van der Waals surface area (Å²) in [4.78, 5) is 21.0. The Morgan fingerprint density at radius 1 is 0.451 bits per heavy atom. The van der Waals surface area contributed by atoms with E-state index in [1.807, 2.05) is 89.8 Å². The van der Waals surface area contributed by atoms with E-state index in [2.05, 4.69) is 86.1 Å². The third-order valence-corrected chi connectivity index (χ3v) is 12.8. The van der Waals surface area contributed by atoms with Crippen molar-refractivity contribution in [3.05, 3.63) is 155 Å². The predicted molar refractivity (Wildman–Crippen MR) is 296 cm³/mol. The fraction of sp³-hybridized carbons (Fsp3) is 0.500. The summed E-state index contributed by atoms with van der Waals surface area (Å²) >= 11 is 0. The highest BCUT2D eigenvalue weighted by Gasteiger charge is 2.19. The molecule has 0 heterocycles. The van der Waals surface area contributed by atoms with E-state index in [1.54, 1.807) is 14.2 Å². The molecule has 5 aromatic rings. The fourth-order valence-electron chi connectivity index (χ4n) is 8.32. The molecule has 0 aliphatic heterocycles. The average Bonchev–Trinajstić information content (AvgIpc) is 3.41. The van der Waals surface area contributed by atoms with Crippen molar-refractivity contribution in [1.82, 2.24) is 20.0 Å². The number of ether oxygens (including phenoxy) is 4. The first-order valence-electron chi connectivity index (χ1n) is 27.0. The molecule has 9 nitrogen and oxygen atoms in total. The van der Waals surface area contributed by atoms with Crippen molar-refractivity contribution in [3.63, 3.8) is 0 Å². The zero-order valence-corrected chi connectivity index (χ0v) is 44.9. The number of hydrogen-bond donors (Lipinski definition) is 1. The van der Waals surface area contributed by atoms with Gasteiger partial charge in [-0.05, 0) is 129 Å². The molecule has 0 atom stereocenters. The van der Waals surface area contributed by atoms with Crippen LogP contribution >= 0.6 is 0 Å². The third kappa shape index (κ3) is 22.7. The van der Waals surface area contributed by atoms with Crippen LogP contribution in [0.25, 0.3) is 0 Å². The summed E-state index contributed by atoms with van der Waals surface area (Å²) in [5, 5.41) is 3.58. The van der Waals surface area contributed by atoms with Crippen LogP contribution in [0, 0.1) is 0 Å². The van der Waals surface area contributed by atoms with E-state index in [-0.39, 0.29) is 5.91 Å². The monoisotopic (exact) mass is 971 g/mol. The van der Waals surface area contributed by atoms with Gasteiger partial charge in [0, 0.05) is 44.8 Å². The summed E-state index contributed by atoms with van der Waals surface area (Å²) in [6, 6.07) is 40.8. The molecule has 388 valence electrons. The summed E-state index contributed by atoms with van der Waals surface area (Å²) in [7, 11) is 3.36. The quantitative estimate of drug-likeness (QED) is 0.0403. The Labute approximate surface area is 430 Å². The van der Waals surface area contributed by atoms with Gasteiger partial charge in [-0.25, -0.2) is 0 Å². The Bertz CT molecular complexity index is 2120. The molecule has 0 radical (unpaired) electrons. The number of methoxy groups -OCH3 is 2. The molecule has 0 spiro atoms. The van der Waals surface area contributed by atoms with E-state index < -0.39 is 0 Å². The van der Waals surface area contributed by atoms with Gasteiger partial charge in [0.2, 0.25) is 0 Å². The zero-order chi connectivity index (χ0) is 50.7. The van der Waals surface area contributed by atoms with Crippen LogP contribution < -0.4 is 24.3 Å². The van der Waals surface area contributed by atoms with Crippen LogP contribution in [0.15, 0.2) is 121 Å². The van der Waals surface area contributed by atoms with E-state index in [1.165, 1.54) is 94.8 Å². The minimum absolute atomic E-state index is 0.0735. The maximum Gasteiger partial charge on any atom is 0.254 e.